The van der Waals surface area contributed by atoms with Crippen LogP contribution in [0.3, 0.4) is 0 Å². The molecule has 9 nitrogen and oxygen atoms in total. The maximum Gasteiger partial charge on any atom is 0.303 e. The van der Waals surface area contributed by atoms with Crippen molar-refractivity contribution in [2.45, 2.75) is 17.7 Å². The van der Waals surface area contributed by atoms with Gasteiger partial charge in [-0.1, -0.05) is 0 Å². The number of nitrogens with zero attached hydrogens (tertiary/aromatic N) is 2. The molecular formula is C17H17FN2O7S. The fourth-order valence-corrected chi connectivity index (χ4v) is 3.97. The van der Waals surface area contributed by atoms with Gasteiger partial charge in [-0.25, -0.2) is 12.8 Å². The average molecular weight is 412 g/mol. The summed E-state index contributed by atoms with van der Waals surface area (Å²) in [5, 5.41) is 20.0. The molecule has 28 heavy (non-hydrogen) atoms. The lowest BCUT2D eigenvalue weighted by Crippen LogP contribution is -2.32. The minimum Gasteiger partial charge on any atom is -0.495 e. The maximum atomic E-state index is 13.2. The lowest BCUT2D eigenvalue weighted by atomic mass is 10.2. The van der Waals surface area contributed by atoms with Crippen molar-refractivity contribution in [3.63, 3.8) is 0 Å². The van der Waals surface area contributed by atoms with Gasteiger partial charge in [0.15, 0.2) is 0 Å². The van der Waals surface area contributed by atoms with Gasteiger partial charge in [0.25, 0.3) is 15.7 Å². The number of aliphatic carboxylic acids is 1. The number of rotatable bonds is 9. The number of methoxy groups -OCH3 is 1. The Kier molecular flexibility index (Phi) is 6.52. The number of carboxylic acid groups (broad SMARTS) is 1. The quantitative estimate of drug-likeness (QED) is 0.495. The number of ether oxygens (including phenoxy) is 1. The van der Waals surface area contributed by atoms with Crippen LogP contribution >= 0.6 is 0 Å². The summed E-state index contributed by atoms with van der Waals surface area (Å²) in [6, 6.07) is 7.47. The van der Waals surface area contributed by atoms with Gasteiger partial charge in [-0.15, -0.1) is 0 Å². The Hall–Kier alpha value is -3.21. The smallest absolute Gasteiger partial charge is 0.303 e. The summed E-state index contributed by atoms with van der Waals surface area (Å²) in [6.07, 6.45) is -0.367. The van der Waals surface area contributed by atoms with Gasteiger partial charge in [-0.2, -0.15) is 0 Å². The normalized spacial score (nSPS) is 11.1. The Balaban J connectivity index is 2.59. The molecule has 0 amide bonds. The van der Waals surface area contributed by atoms with Crippen LogP contribution in [0, 0.1) is 15.9 Å². The number of benzene rings is 2. The highest BCUT2D eigenvalue weighted by atomic mass is 32.2. The molecule has 0 aliphatic heterocycles. The number of anilines is 1. The van der Waals surface area contributed by atoms with E-state index in [9.17, 15) is 27.7 Å². The lowest BCUT2D eigenvalue weighted by molar-refractivity contribution is -0.384. The minimum atomic E-state index is -4.27. The predicted octanol–water partition coefficient (Wildman–Crippen LogP) is 2.80. The minimum absolute atomic E-state index is 0.0478. The summed E-state index contributed by atoms with van der Waals surface area (Å²) in [5.74, 6) is -1.71. The van der Waals surface area contributed by atoms with Gasteiger partial charge in [0.2, 0.25) is 0 Å². The number of nitro groups is 1. The van der Waals surface area contributed by atoms with Crippen molar-refractivity contribution in [2.24, 2.45) is 0 Å². The molecule has 0 aliphatic rings. The van der Waals surface area contributed by atoms with Crippen LogP contribution in [0.5, 0.6) is 5.75 Å². The molecule has 0 aromatic heterocycles. The van der Waals surface area contributed by atoms with E-state index < -0.39 is 26.7 Å². The Morgan fingerprint density at radius 3 is 2.43 bits per heavy atom. The molecule has 150 valence electrons. The first-order valence-electron chi connectivity index (χ1n) is 7.99. The third-order valence-electron chi connectivity index (χ3n) is 3.80. The summed E-state index contributed by atoms with van der Waals surface area (Å²) in [6.45, 7) is -0.274. The zero-order valence-electron chi connectivity index (χ0n) is 14.7. The van der Waals surface area contributed by atoms with E-state index in [-0.39, 0.29) is 41.4 Å². The fourth-order valence-electron chi connectivity index (χ4n) is 2.46. The molecule has 0 radical (unpaired) electrons. The predicted molar refractivity (Wildman–Crippen MR) is 97.5 cm³/mol. The molecule has 11 heteroatoms. The summed E-state index contributed by atoms with van der Waals surface area (Å²) in [4.78, 5) is 21.0. The number of carbonyl (C=O) groups is 1. The van der Waals surface area contributed by atoms with Crippen molar-refractivity contribution in [3.8, 4) is 5.75 Å². The second kappa shape index (κ2) is 8.65. The van der Waals surface area contributed by atoms with E-state index in [1.807, 2.05) is 0 Å². The van der Waals surface area contributed by atoms with Crippen molar-refractivity contribution in [1.29, 1.82) is 0 Å². The van der Waals surface area contributed by atoms with E-state index in [0.29, 0.717) is 0 Å². The number of nitro benzene ring substituents is 1. The molecule has 0 bridgehead atoms. The lowest BCUT2D eigenvalue weighted by Gasteiger charge is -2.25. The summed E-state index contributed by atoms with van der Waals surface area (Å²) in [5.41, 5.74) is -0.486. The second-order valence-corrected chi connectivity index (χ2v) is 7.50. The Labute approximate surface area is 160 Å². The van der Waals surface area contributed by atoms with Gasteiger partial charge in [0, 0.05) is 25.1 Å². The summed E-state index contributed by atoms with van der Waals surface area (Å²) >= 11 is 0. The van der Waals surface area contributed by atoms with Crippen LogP contribution < -0.4 is 9.04 Å². The molecular weight excluding hydrogens is 395 g/mol. The van der Waals surface area contributed by atoms with Crippen molar-refractivity contribution in [2.75, 3.05) is 18.0 Å². The molecule has 0 aliphatic carbocycles. The third kappa shape index (κ3) is 4.74. The number of hydrogen-bond acceptors (Lipinski definition) is 6. The topological polar surface area (TPSA) is 127 Å². The van der Waals surface area contributed by atoms with Gasteiger partial charge >= 0.3 is 5.97 Å². The summed E-state index contributed by atoms with van der Waals surface area (Å²) in [7, 11) is -3.00. The van der Waals surface area contributed by atoms with Gasteiger partial charge in [0.05, 0.1) is 16.9 Å². The average Bonchev–Trinajstić information content (AvgIpc) is 2.64. The third-order valence-corrected chi connectivity index (χ3v) is 5.62. The van der Waals surface area contributed by atoms with Crippen LogP contribution in [0.2, 0.25) is 0 Å². The Bertz CT molecular complexity index is 978. The molecule has 0 saturated heterocycles. The van der Waals surface area contributed by atoms with Gasteiger partial charge < -0.3 is 9.84 Å². The first kappa shape index (κ1) is 21.1. The first-order valence-corrected chi connectivity index (χ1v) is 9.43. The standard InChI is InChI=1S/C17H17FN2O7S/c1-27-16-9-6-13(20(23)24)11-15(16)19(10-2-3-17(21)22)28(25,26)14-7-4-12(18)5-8-14/h4-9,11H,2-3,10H2,1H3,(H,21,22). The molecule has 0 atom stereocenters. The van der Waals surface area contributed by atoms with E-state index in [4.69, 9.17) is 9.84 Å². The van der Waals surface area contributed by atoms with Gasteiger partial charge in [-0.3, -0.25) is 19.2 Å². The van der Waals surface area contributed by atoms with Crippen LogP contribution in [0.1, 0.15) is 12.8 Å². The van der Waals surface area contributed by atoms with Gasteiger partial charge in [0.1, 0.15) is 17.3 Å². The molecule has 2 rings (SSSR count). The van der Waals surface area contributed by atoms with Crippen LogP contribution in [0.15, 0.2) is 47.4 Å². The van der Waals surface area contributed by atoms with E-state index in [0.717, 1.165) is 40.7 Å². The number of carboxylic acids is 1. The highest BCUT2D eigenvalue weighted by Gasteiger charge is 2.29. The van der Waals surface area contributed by atoms with Crippen LogP contribution in [0.4, 0.5) is 15.8 Å². The number of non-ortho nitro benzene ring substituents is 1. The van der Waals surface area contributed by atoms with Crippen LogP contribution in [-0.4, -0.2) is 38.1 Å². The molecule has 0 heterocycles. The molecule has 2 aromatic rings. The largest absolute Gasteiger partial charge is 0.495 e. The second-order valence-electron chi connectivity index (χ2n) is 5.64. The monoisotopic (exact) mass is 412 g/mol. The zero-order chi connectivity index (χ0) is 20.9. The Morgan fingerprint density at radius 2 is 1.89 bits per heavy atom. The molecule has 0 saturated carbocycles. The van der Waals surface area contributed by atoms with Crippen molar-refractivity contribution in [3.05, 3.63) is 58.4 Å². The van der Waals surface area contributed by atoms with Crippen molar-refractivity contribution >= 4 is 27.4 Å². The number of halogens is 1. The SMILES string of the molecule is COc1ccc([N+](=O)[O-])cc1N(CCCC(=O)O)S(=O)(=O)c1ccc(F)cc1. The van der Waals surface area contributed by atoms with E-state index in [1.165, 1.54) is 13.2 Å². The number of sulfonamides is 1. The molecule has 2 aromatic carbocycles. The molecule has 0 fully saturated rings. The van der Waals surface area contributed by atoms with Gasteiger partial charge in [-0.05, 0) is 36.8 Å². The van der Waals surface area contributed by atoms with E-state index >= 15 is 0 Å². The van der Waals surface area contributed by atoms with E-state index in [2.05, 4.69) is 0 Å². The fraction of sp³-hybridized carbons (Fsp3) is 0.235. The van der Waals surface area contributed by atoms with Crippen LogP contribution in [-0.2, 0) is 14.8 Å². The van der Waals surface area contributed by atoms with Crippen LogP contribution in [0.25, 0.3) is 0 Å². The van der Waals surface area contributed by atoms with E-state index in [1.54, 1.807) is 0 Å². The first-order chi connectivity index (χ1) is 13.2. The molecule has 0 unspecified atom stereocenters. The highest BCUT2D eigenvalue weighted by molar-refractivity contribution is 7.92. The van der Waals surface area contributed by atoms with Crippen molar-refractivity contribution < 1.29 is 32.4 Å². The number of hydrogen-bond donors (Lipinski definition) is 1. The summed E-state index contributed by atoms with van der Waals surface area (Å²) < 4.78 is 45.3. The Morgan fingerprint density at radius 1 is 1.25 bits per heavy atom. The van der Waals surface area contributed by atoms with Crippen molar-refractivity contribution in [1.82, 2.24) is 0 Å². The molecule has 0 spiro atoms. The maximum absolute atomic E-state index is 13.2. The highest BCUT2D eigenvalue weighted by Crippen LogP contribution is 2.35. The molecule has 1 N–H and O–H groups in total. The zero-order valence-corrected chi connectivity index (χ0v) is 15.6.